The number of hydrazone groups is 1. The molecule has 1 aromatic carbocycles. The van der Waals surface area contributed by atoms with Gasteiger partial charge in [-0.15, -0.1) is 0 Å². The summed E-state index contributed by atoms with van der Waals surface area (Å²) >= 11 is 0. The SMILES string of the molecule is CCOC(=O)COc1ccc(C=NNC(=O)c2nonc2N)cc1OC. The third-order valence-electron chi connectivity index (χ3n) is 2.95. The molecule has 0 aliphatic carbocycles. The number of nitrogens with zero attached hydrogens (tertiary/aromatic N) is 3. The van der Waals surface area contributed by atoms with Crippen LogP contribution in [0.25, 0.3) is 0 Å². The molecule has 2 rings (SSSR count). The van der Waals surface area contributed by atoms with Crippen molar-refractivity contribution in [3.63, 3.8) is 0 Å². The van der Waals surface area contributed by atoms with Crippen LogP contribution in [0.5, 0.6) is 11.5 Å². The zero-order chi connectivity index (χ0) is 18.9. The minimum Gasteiger partial charge on any atom is -0.493 e. The van der Waals surface area contributed by atoms with Gasteiger partial charge in [0, 0.05) is 0 Å². The maximum absolute atomic E-state index is 11.7. The lowest BCUT2D eigenvalue weighted by atomic mass is 10.2. The lowest BCUT2D eigenvalue weighted by Gasteiger charge is -2.10. The third-order valence-corrected chi connectivity index (χ3v) is 2.95. The van der Waals surface area contributed by atoms with Crippen LogP contribution >= 0.6 is 0 Å². The predicted molar refractivity (Wildman–Crippen MR) is 88.9 cm³/mol. The molecular formula is C15H17N5O6. The first-order valence-corrected chi connectivity index (χ1v) is 7.43. The number of methoxy groups -OCH3 is 1. The van der Waals surface area contributed by atoms with E-state index in [1.54, 1.807) is 25.1 Å². The normalized spacial score (nSPS) is 10.5. The van der Waals surface area contributed by atoms with E-state index in [1.165, 1.54) is 13.3 Å². The molecule has 11 nitrogen and oxygen atoms in total. The Balaban J connectivity index is 1.98. The fourth-order valence-corrected chi connectivity index (χ4v) is 1.79. The van der Waals surface area contributed by atoms with Crippen LogP contribution in [-0.4, -0.2) is 48.7 Å². The molecule has 0 spiro atoms. The zero-order valence-corrected chi connectivity index (χ0v) is 14.1. The summed E-state index contributed by atoms with van der Waals surface area (Å²) in [6.07, 6.45) is 1.37. The molecule has 1 aromatic heterocycles. The first-order chi connectivity index (χ1) is 12.5. The number of carbonyl (C=O) groups is 2. The number of hydrogen-bond donors (Lipinski definition) is 2. The van der Waals surface area contributed by atoms with E-state index in [9.17, 15) is 9.59 Å². The fourth-order valence-electron chi connectivity index (χ4n) is 1.79. The number of ether oxygens (including phenoxy) is 3. The van der Waals surface area contributed by atoms with Gasteiger partial charge in [-0.1, -0.05) is 0 Å². The number of benzene rings is 1. The van der Waals surface area contributed by atoms with E-state index in [4.69, 9.17) is 19.9 Å². The summed E-state index contributed by atoms with van der Waals surface area (Å²) in [5.74, 6) is -0.536. The molecule has 1 heterocycles. The minimum atomic E-state index is -0.665. The van der Waals surface area contributed by atoms with Crippen LogP contribution in [0, 0.1) is 0 Å². The second kappa shape index (κ2) is 9.01. The van der Waals surface area contributed by atoms with Gasteiger partial charge < -0.3 is 19.9 Å². The Morgan fingerprint density at radius 2 is 2.15 bits per heavy atom. The second-order valence-corrected chi connectivity index (χ2v) is 4.70. The summed E-state index contributed by atoms with van der Waals surface area (Å²) in [6, 6.07) is 4.87. The van der Waals surface area contributed by atoms with Crippen LogP contribution in [-0.2, 0) is 9.53 Å². The molecule has 0 unspecified atom stereocenters. The summed E-state index contributed by atoms with van der Waals surface area (Å²) in [5.41, 5.74) is 8.08. The zero-order valence-electron chi connectivity index (χ0n) is 14.1. The lowest BCUT2D eigenvalue weighted by molar-refractivity contribution is -0.145. The van der Waals surface area contributed by atoms with Gasteiger partial charge in [-0.2, -0.15) is 5.10 Å². The van der Waals surface area contributed by atoms with Gasteiger partial charge in [-0.3, -0.25) is 4.79 Å². The summed E-state index contributed by atoms with van der Waals surface area (Å²) in [7, 11) is 1.45. The van der Waals surface area contributed by atoms with E-state index < -0.39 is 11.9 Å². The molecule has 0 saturated heterocycles. The molecule has 3 N–H and O–H groups in total. The number of hydrogen-bond acceptors (Lipinski definition) is 10. The van der Waals surface area contributed by atoms with Crippen molar-refractivity contribution in [2.24, 2.45) is 5.10 Å². The van der Waals surface area contributed by atoms with Crippen molar-refractivity contribution >= 4 is 23.9 Å². The predicted octanol–water partition coefficient (Wildman–Crippen LogP) is 0.366. The van der Waals surface area contributed by atoms with Crippen LogP contribution in [0.15, 0.2) is 27.9 Å². The molecule has 26 heavy (non-hydrogen) atoms. The molecule has 0 saturated carbocycles. The highest BCUT2D eigenvalue weighted by Gasteiger charge is 2.15. The molecule has 0 bridgehead atoms. The Kier molecular flexibility index (Phi) is 6.48. The highest BCUT2D eigenvalue weighted by Crippen LogP contribution is 2.27. The number of amides is 1. The molecule has 11 heteroatoms. The third kappa shape index (κ3) is 4.93. The van der Waals surface area contributed by atoms with Gasteiger partial charge in [0.2, 0.25) is 11.5 Å². The van der Waals surface area contributed by atoms with Crippen LogP contribution in [0.3, 0.4) is 0 Å². The van der Waals surface area contributed by atoms with Crippen LogP contribution in [0.1, 0.15) is 23.0 Å². The number of carbonyl (C=O) groups excluding carboxylic acids is 2. The summed E-state index contributed by atoms with van der Waals surface area (Å²) in [6.45, 7) is 1.75. The maximum Gasteiger partial charge on any atom is 0.344 e. The van der Waals surface area contributed by atoms with Crippen LogP contribution < -0.4 is 20.6 Å². The Morgan fingerprint density at radius 1 is 1.35 bits per heavy atom. The maximum atomic E-state index is 11.7. The largest absolute Gasteiger partial charge is 0.493 e. The molecule has 138 valence electrons. The van der Waals surface area contributed by atoms with Crippen LogP contribution in [0.2, 0.25) is 0 Å². The molecule has 0 aliphatic rings. The summed E-state index contributed by atoms with van der Waals surface area (Å²) in [5, 5.41) is 10.4. The number of nitrogens with two attached hydrogens (primary N) is 1. The van der Waals surface area contributed by atoms with E-state index in [1.807, 2.05) is 0 Å². The number of aromatic nitrogens is 2. The van der Waals surface area contributed by atoms with E-state index in [0.29, 0.717) is 17.1 Å². The highest BCUT2D eigenvalue weighted by molar-refractivity contribution is 5.96. The van der Waals surface area contributed by atoms with Crippen molar-refractivity contribution < 1.29 is 28.4 Å². The monoisotopic (exact) mass is 363 g/mol. The number of nitrogens with one attached hydrogen (secondary N) is 1. The van der Waals surface area contributed by atoms with Gasteiger partial charge in [0.05, 0.1) is 19.9 Å². The van der Waals surface area contributed by atoms with Crippen molar-refractivity contribution in [1.82, 2.24) is 15.7 Å². The quantitative estimate of drug-likeness (QED) is 0.385. The van der Waals surface area contributed by atoms with E-state index in [0.717, 1.165) is 0 Å². The molecule has 2 aromatic rings. The first-order valence-electron chi connectivity index (χ1n) is 7.43. The molecule has 0 fully saturated rings. The number of rotatable bonds is 8. The average Bonchev–Trinajstić information content (AvgIpc) is 3.06. The Labute approximate surface area is 148 Å². The molecule has 1 amide bonds. The lowest BCUT2D eigenvalue weighted by Crippen LogP contribution is -2.19. The number of nitrogen functional groups attached to an aromatic ring is 1. The highest BCUT2D eigenvalue weighted by atomic mass is 16.6. The topological polar surface area (TPSA) is 151 Å². The van der Waals surface area contributed by atoms with Gasteiger partial charge in [-0.05, 0) is 41.0 Å². The van der Waals surface area contributed by atoms with Gasteiger partial charge in [0.15, 0.2) is 18.1 Å². The Hall–Kier alpha value is -3.63. The Morgan fingerprint density at radius 3 is 2.81 bits per heavy atom. The number of anilines is 1. The van der Waals surface area contributed by atoms with Crippen molar-refractivity contribution in [2.75, 3.05) is 26.1 Å². The van der Waals surface area contributed by atoms with Crippen molar-refractivity contribution in [2.45, 2.75) is 6.92 Å². The standard InChI is InChI=1S/C15H17N5O6/c1-3-24-12(21)8-25-10-5-4-9(6-11(10)23-2)7-17-18-15(22)13-14(16)20-26-19-13/h4-7H,3,8H2,1-2H3,(H2,16,20)(H,18,22). The number of esters is 1. The van der Waals surface area contributed by atoms with Crippen molar-refractivity contribution in [3.05, 3.63) is 29.5 Å². The first kappa shape index (κ1) is 18.7. The van der Waals surface area contributed by atoms with Crippen molar-refractivity contribution in [1.29, 1.82) is 0 Å². The summed E-state index contributed by atoms with van der Waals surface area (Å²) in [4.78, 5) is 23.1. The van der Waals surface area contributed by atoms with E-state index in [2.05, 4.69) is 25.5 Å². The second-order valence-electron chi connectivity index (χ2n) is 4.70. The van der Waals surface area contributed by atoms with Gasteiger partial charge in [0.25, 0.3) is 5.91 Å². The minimum absolute atomic E-state index is 0.137. The summed E-state index contributed by atoms with van der Waals surface area (Å²) < 4.78 is 19.7. The van der Waals surface area contributed by atoms with Gasteiger partial charge in [-0.25, -0.2) is 14.8 Å². The smallest absolute Gasteiger partial charge is 0.344 e. The Bertz CT molecular complexity index is 804. The average molecular weight is 363 g/mol. The van der Waals surface area contributed by atoms with Crippen LogP contribution in [0.4, 0.5) is 5.82 Å². The fraction of sp³-hybridized carbons (Fsp3) is 0.267. The van der Waals surface area contributed by atoms with E-state index in [-0.39, 0.29) is 24.7 Å². The van der Waals surface area contributed by atoms with Gasteiger partial charge >= 0.3 is 5.97 Å². The molecule has 0 radical (unpaired) electrons. The van der Waals surface area contributed by atoms with Gasteiger partial charge in [0.1, 0.15) is 0 Å². The van der Waals surface area contributed by atoms with Crippen molar-refractivity contribution in [3.8, 4) is 11.5 Å². The van der Waals surface area contributed by atoms with E-state index >= 15 is 0 Å². The molecule has 0 aliphatic heterocycles. The molecule has 0 atom stereocenters. The molecular weight excluding hydrogens is 346 g/mol.